The number of aromatic nitrogens is 2. The molecular weight excluding hydrogens is 378 g/mol. The molecule has 1 amide bonds. The first-order chi connectivity index (χ1) is 14.5. The molecule has 4 rings (SSSR count). The number of anilines is 1. The van der Waals surface area contributed by atoms with Crippen LogP contribution in [0.15, 0.2) is 77.2 Å². The molecule has 0 aliphatic rings. The number of ketones is 1. The van der Waals surface area contributed by atoms with Gasteiger partial charge in [0, 0.05) is 27.9 Å². The van der Waals surface area contributed by atoms with Crippen LogP contribution in [0.2, 0.25) is 0 Å². The van der Waals surface area contributed by atoms with Crippen molar-refractivity contribution in [3.8, 4) is 22.9 Å². The molecule has 0 atom stereocenters. The molecular formula is C24H19N3O3. The fraction of sp³-hybridized carbons (Fsp3) is 0.0833. The summed E-state index contributed by atoms with van der Waals surface area (Å²) in [5.41, 5.74) is 4.41. The van der Waals surface area contributed by atoms with Gasteiger partial charge in [-0.05, 0) is 74.5 Å². The summed E-state index contributed by atoms with van der Waals surface area (Å²) < 4.78 is 5.79. The average Bonchev–Trinajstić information content (AvgIpc) is 3.24. The Kier molecular flexibility index (Phi) is 5.22. The van der Waals surface area contributed by atoms with Gasteiger partial charge in [-0.15, -0.1) is 10.2 Å². The number of hydrogen-bond acceptors (Lipinski definition) is 5. The van der Waals surface area contributed by atoms with E-state index in [4.69, 9.17) is 4.42 Å². The van der Waals surface area contributed by atoms with Gasteiger partial charge in [0.2, 0.25) is 11.8 Å². The lowest BCUT2D eigenvalue weighted by atomic mass is 10.1. The van der Waals surface area contributed by atoms with Crippen LogP contribution in [0.3, 0.4) is 0 Å². The van der Waals surface area contributed by atoms with E-state index in [1.54, 1.807) is 48.5 Å². The van der Waals surface area contributed by atoms with Crippen molar-refractivity contribution in [1.82, 2.24) is 10.2 Å². The molecule has 3 aromatic carbocycles. The van der Waals surface area contributed by atoms with Crippen molar-refractivity contribution in [2.24, 2.45) is 0 Å². The highest BCUT2D eigenvalue weighted by Crippen LogP contribution is 2.25. The number of benzene rings is 3. The van der Waals surface area contributed by atoms with E-state index in [2.05, 4.69) is 15.5 Å². The van der Waals surface area contributed by atoms with Crippen molar-refractivity contribution in [2.45, 2.75) is 13.8 Å². The monoisotopic (exact) mass is 397 g/mol. The molecule has 0 aliphatic carbocycles. The van der Waals surface area contributed by atoms with Gasteiger partial charge in [-0.25, -0.2) is 0 Å². The molecule has 0 radical (unpaired) electrons. The second-order valence-corrected chi connectivity index (χ2v) is 6.95. The molecule has 0 aliphatic heterocycles. The third kappa shape index (κ3) is 4.17. The quantitative estimate of drug-likeness (QED) is 0.470. The summed E-state index contributed by atoms with van der Waals surface area (Å²) in [5.74, 6) is 0.570. The van der Waals surface area contributed by atoms with E-state index in [0.717, 1.165) is 16.7 Å². The van der Waals surface area contributed by atoms with Gasteiger partial charge in [-0.1, -0.05) is 17.7 Å². The van der Waals surface area contributed by atoms with Gasteiger partial charge in [0.15, 0.2) is 5.78 Å². The summed E-state index contributed by atoms with van der Waals surface area (Å²) in [5, 5.41) is 11.0. The van der Waals surface area contributed by atoms with Crippen LogP contribution in [0, 0.1) is 6.92 Å². The van der Waals surface area contributed by atoms with Gasteiger partial charge in [-0.2, -0.15) is 0 Å². The van der Waals surface area contributed by atoms with Crippen LogP contribution in [0.1, 0.15) is 33.2 Å². The Labute approximate surface area is 173 Å². The van der Waals surface area contributed by atoms with E-state index in [9.17, 15) is 9.59 Å². The van der Waals surface area contributed by atoms with Crippen molar-refractivity contribution < 1.29 is 14.0 Å². The molecule has 4 aromatic rings. The molecule has 0 unspecified atom stereocenters. The number of nitrogens with zero attached hydrogens (tertiary/aromatic N) is 2. The zero-order valence-electron chi connectivity index (χ0n) is 16.5. The lowest BCUT2D eigenvalue weighted by Gasteiger charge is -2.06. The molecule has 6 nitrogen and oxygen atoms in total. The Bertz CT molecular complexity index is 1210. The van der Waals surface area contributed by atoms with Crippen molar-refractivity contribution in [1.29, 1.82) is 0 Å². The van der Waals surface area contributed by atoms with Crippen molar-refractivity contribution in [2.75, 3.05) is 5.32 Å². The number of rotatable bonds is 5. The molecule has 30 heavy (non-hydrogen) atoms. The molecule has 0 spiro atoms. The summed E-state index contributed by atoms with van der Waals surface area (Å²) in [6, 6.07) is 21.5. The summed E-state index contributed by atoms with van der Waals surface area (Å²) in [4.78, 5) is 23.8. The standard InChI is InChI=1S/C24H19N3O3/c1-15-4-3-5-20(14-15)24-27-26-23(30-24)19-8-6-18(7-9-19)22(29)25-21-12-10-17(11-13-21)16(2)28/h3-14H,1-2H3,(H,25,29). The summed E-state index contributed by atoms with van der Waals surface area (Å²) in [6.45, 7) is 3.50. The molecule has 0 saturated carbocycles. The average molecular weight is 397 g/mol. The zero-order valence-corrected chi connectivity index (χ0v) is 16.5. The molecule has 0 bridgehead atoms. The van der Waals surface area contributed by atoms with E-state index in [-0.39, 0.29) is 11.7 Å². The van der Waals surface area contributed by atoms with Gasteiger partial charge in [0.25, 0.3) is 5.91 Å². The molecule has 1 aromatic heterocycles. The molecule has 1 heterocycles. The highest BCUT2D eigenvalue weighted by Gasteiger charge is 2.12. The summed E-state index contributed by atoms with van der Waals surface area (Å²) in [6.07, 6.45) is 0. The number of nitrogens with one attached hydrogen (secondary N) is 1. The van der Waals surface area contributed by atoms with Crippen molar-refractivity contribution >= 4 is 17.4 Å². The number of amides is 1. The number of carbonyl (C=O) groups is 2. The predicted molar refractivity (Wildman–Crippen MR) is 114 cm³/mol. The summed E-state index contributed by atoms with van der Waals surface area (Å²) in [7, 11) is 0. The number of aryl methyl sites for hydroxylation is 1. The minimum atomic E-state index is -0.247. The third-order valence-corrected chi connectivity index (χ3v) is 4.63. The Balaban J connectivity index is 1.47. The maximum absolute atomic E-state index is 12.5. The van der Waals surface area contributed by atoms with Crippen LogP contribution in [-0.2, 0) is 0 Å². The molecule has 148 valence electrons. The minimum absolute atomic E-state index is 0.0185. The fourth-order valence-corrected chi connectivity index (χ4v) is 2.99. The van der Waals surface area contributed by atoms with Crippen LogP contribution in [0.5, 0.6) is 0 Å². The van der Waals surface area contributed by atoms with Gasteiger partial charge in [0.1, 0.15) is 0 Å². The van der Waals surface area contributed by atoms with E-state index in [0.29, 0.717) is 28.6 Å². The number of Topliss-reactive ketones (excluding diaryl/α,β-unsaturated/α-hetero) is 1. The number of carbonyl (C=O) groups excluding carboxylic acids is 2. The van der Waals surface area contributed by atoms with Gasteiger partial charge >= 0.3 is 0 Å². The second kappa shape index (κ2) is 8.13. The van der Waals surface area contributed by atoms with Crippen molar-refractivity contribution in [3.05, 3.63) is 89.5 Å². The van der Waals surface area contributed by atoms with E-state index >= 15 is 0 Å². The van der Waals surface area contributed by atoms with Crippen molar-refractivity contribution in [3.63, 3.8) is 0 Å². The lowest BCUT2D eigenvalue weighted by molar-refractivity contribution is 0.101. The first-order valence-corrected chi connectivity index (χ1v) is 9.43. The number of hydrogen-bond donors (Lipinski definition) is 1. The third-order valence-electron chi connectivity index (χ3n) is 4.63. The van der Waals surface area contributed by atoms with E-state index < -0.39 is 0 Å². The summed E-state index contributed by atoms with van der Waals surface area (Å²) >= 11 is 0. The normalized spacial score (nSPS) is 10.6. The van der Waals surface area contributed by atoms with Gasteiger partial charge in [-0.3, -0.25) is 9.59 Å². The van der Waals surface area contributed by atoms with Crippen LogP contribution in [-0.4, -0.2) is 21.9 Å². The van der Waals surface area contributed by atoms with Crippen LogP contribution >= 0.6 is 0 Å². The van der Waals surface area contributed by atoms with Crippen LogP contribution < -0.4 is 5.32 Å². The predicted octanol–water partition coefficient (Wildman–Crippen LogP) is 5.17. The van der Waals surface area contributed by atoms with Crippen LogP contribution in [0.25, 0.3) is 22.9 Å². The topological polar surface area (TPSA) is 85.1 Å². The second-order valence-electron chi connectivity index (χ2n) is 6.95. The molecule has 1 N–H and O–H groups in total. The smallest absolute Gasteiger partial charge is 0.255 e. The lowest BCUT2D eigenvalue weighted by Crippen LogP contribution is -2.11. The van der Waals surface area contributed by atoms with Crippen LogP contribution in [0.4, 0.5) is 5.69 Å². The van der Waals surface area contributed by atoms with Gasteiger partial charge < -0.3 is 9.73 Å². The molecule has 0 saturated heterocycles. The Hall–Kier alpha value is -4.06. The molecule has 6 heteroatoms. The minimum Gasteiger partial charge on any atom is -0.416 e. The highest BCUT2D eigenvalue weighted by atomic mass is 16.4. The maximum atomic E-state index is 12.5. The largest absolute Gasteiger partial charge is 0.416 e. The SMILES string of the molecule is CC(=O)c1ccc(NC(=O)c2ccc(-c3nnc(-c4cccc(C)c4)o3)cc2)cc1. The Morgan fingerprint density at radius 2 is 1.43 bits per heavy atom. The Morgan fingerprint density at radius 3 is 2.07 bits per heavy atom. The van der Waals surface area contributed by atoms with E-state index in [1.165, 1.54) is 6.92 Å². The van der Waals surface area contributed by atoms with Gasteiger partial charge in [0.05, 0.1) is 0 Å². The first kappa shape index (κ1) is 19.3. The highest BCUT2D eigenvalue weighted by molar-refractivity contribution is 6.04. The fourth-order valence-electron chi connectivity index (χ4n) is 2.99. The maximum Gasteiger partial charge on any atom is 0.255 e. The first-order valence-electron chi connectivity index (χ1n) is 9.43. The zero-order chi connectivity index (χ0) is 21.1. The molecule has 0 fully saturated rings. The Morgan fingerprint density at radius 1 is 0.800 bits per heavy atom. The van der Waals surface area contributed by atoms with E-state index in [1.807, 2.05) is 31.2 Å².